The Morgan fingerprint density at radius 2 is 0.880 bits per heavy atom. The summed E-state index contributed by atoms with van der Waals surface area (Å²) in [7, 11) is -1.55. The predicted molar refractivity (Wildman–Crippen MR) is 200 cm³/mol. The van der Waals surface area contributed by atoms with Crippen LogP contribution in [0.2, 0.25) is 0 Å². The van der Waals surface area contributed by atoms with E-state index in [2.05, 4.69) is 110 Å². The summed E-state index contributed by atoms with van der Waals surface area (Å²) >= 11 is 0. The zero-order chi connectivity index (χ0) is 34.7. The quantitative estimate of drug-likeness (QED) is 0.143. The zero-order valence-corrected chi connectivity index (χ0v) is 30.5. The molecule has 0 unspecified atom stereocenters. The topological polar surface area (TPSA) is 103 Å². The van der Waals surface area contributed by atoms with Gasteiger partial charge in [0.2, 0.25) is 0 Å². The van der Waals surface area contributed by atoms with Crippen LogP contribution in [0.5, 0.6) is 5.75 Å². The fraction of sp³-hybridized carbons (Fsp3) is 0.175. The summed E-state index contributed by atoms with van der Waals surface area (Å²) < 4.78 is 6.31. The average molecular weight is 703 g/mol. The van der Waals surface area contributed by atoms with Crippen molar-refractivity contribution in [3.05, 3.63) is 150 Å². The molecule has 50 heavy (non-hydrogen) atoms. The van der Waals surface area contributed by atoms with Crippen LogP contribution in [0.1, 0.15) is 43.4 Å². The Balaban J connectivity index is 0.000000319. The number of anilines is 1. The number of rotatable bonds is 6. The van der Waals surface area contributed by atoms with Crippen LogP contribution in [0.15, 0.2) is 127 Å². The Morgan fingerprint density at radius 3 is 1.18 bits per heavy atom. The average Bonchev–Trinajstić information content (AvgIpc) is 3.80. The minimum atomic E-state index is -1.55. The minimum absolute atomic E-state index is 0. The molecular weight excluding hydrogens is 661 g/mol. The molecule has 0 bridgehead atoms. The molecule has 0 atom stereocenters. The van der Waals surface area contributed by atoms with Gasteiger partial charge in [0.1, 0.15) is 0 Å². The fourth-order valence-corrected chi connectivity index (χ4v) is 6.03. The van der Waals surface area contributed by atoms with Crippen molar-refractivity contribution in [1.29, 1.82) is 0 Å². The maximum absolute atomic E-state index is 11.0. The third-order valence-corrected chi connectivity index (χ3v) is 8.83. The number of benzene rings is 4. The van der Waals surface area contributed by atoms with Crippen LogP contribution in [0.25, 0.3) is 33.8 Å². The number of hydrogen-bond donors (Lipinski definition) is 1. The van der Waals surface area contributed by atoms with Crippen LogP contribution < -0.4 is 10.8 Å². The number of nitrogens with zero attached hydrogens (tertiary/aromatic N) is 6. The third-order valence-electron chi connectivity index (χ3n) is 8.83. The van der Waals surface area contributed by atoms with E-state index in [0.29, 0.717) is 5.69 Å². The van der Waals surface area contributed by atoms with Crippen molar-refractivity contribution in [3.8, 4) is 39.5 Å². The molecule has 2 N–H and O–H groups in total. The summed E-state index contributed by atoms with van der Waals surface area (Å²) in [4.78, 5) is 0. The first kappa shape index (κ1) is 36.0. The smallest absolute Gasteiger partial charge is 0.871 e. The second kappa shape index (κ2) is 15.1. The van der Waals surface area contributed by atoms with Gasteiger partial charge >= 0.3 is 24.2 Å². The van der Waals surface area contributed by atoms with Gasteiger partial charge in [0.15, 0.2) is 0 Å². The monoisotopic (exact) mass is 703 g/mol. The van der Waals surface area contributed by atoms with E-state index in [9.17, 15) is 5.11 Å². The maximum atomic E-state index is 11.0. The normalized spacial score (nSPS) is 11.2. The predicted octanol–water partition coefficient (Wildman–Crippen LogP) is 7.50. The van der Waals surface area contributed by atoms with Gasteiger partial charge in [-0.25, -0.2) is 15.3 Å². The number of nitrogens with two attached hydrogens (primary N) is 1. The Morgan fingerprint density at radius 1 is 0.540 bits per heavy atom. The van der Waals surface area contributed by atoms with E-state index in [4.69, 9.17) is 21.0 Å². The molecule has 1 radical (unpaired) electrons. The molecule has 7 aromatic rings. The van der Waals surface area contributed by atoms with Crippen LogP contribution >= 0.6 is 0 Å². The van der Waals surface area contributed by atoms with Crippen molar-refractivity contribution < 1.29 is 22.2 Å². The molecule has 3 aromatic heterocycles. The first-order chi connectivity index (χ1) is 23.5. The molecule has 0 fully saturated rings. The first-order valence-electron chi connectivity index (χ1n) is 16.6. The van der Waals surface area contributed by atoms with Crippen molar-refractivity contribution in [3.63, 3.8) is 0 Å². The molecule has 0 spiro atoms. The second-order valence-corrected chi connectivity index (χ2v) is 13.5. The molecule has 0 amide bonds. The van der Waals surface area contributed by atoms with Gasteiger partial charge in [-0.2, -0.15) is 0 Å². The molecule has 10 heteroatoms. The largest absolute Gasteiger partial charge is 3.00 e. The standard InChI is InChI=1S/C30H28BN6.C10H15NO.Fe/c1-22-19-28(25-13-7-4-8-14-25)32-35(22)31(36-23(2)20-29(33-36)26-15-9-5-10-16-26)37-24(3)21-30(34-37)27-17-11-6-12-18-27;1-10(2,3)7-4-5-9(12)8(11)6-7;/h4-21,31H,1-3H3;4-6,12H,11H2,1-3H3;/q-1;;+3/p-1. The van der Waals surface area contributed by atoms with Gasteiger partial charge in [0.05, 0.1) is 17.1 Å². The summed E-state index contributed by atoms with van der Waals surface area (Å²) in [5, 5.41) is 26.3. The molecule has 8 nitrogen and oxygen atoms in total. The maximum Gasteiger partial charge on any atom is 3.00 e. The Labute approximate surface area is 305 Å². The summed E-state index contributed by atoms with van der Waals surface area (Å²) in [6, 6.07) is 42.4. The van der Waals surface area contributed by atoms with Crippen LogP contribution in [-0.4, -0.2) is 36.2 Å². The SMILES string of the molecule is CC(C)(C)c1ccc([O-])c(N)c1.Cc1cc(-c2ccccc2)nn1[BH-](n1nc(-c2ccccc2)cc1C)n1nc(-c2ccccc2)cc1C.[Fe+3]. The van der Waals surface area contributed by atoms with Gasteiger partial charge in [0, 0.05) is 22.4 Å². The van der Waals surface area contributed by atoms with Crippen LogP contribution in [0.3, 0.4) is 0 Å². The third kappa shape index (κ3) is 7.78. The van der Waals surface area contributed by atoms with Crippen molar-refractivity contribution in [2.75, 3.05) is 5.73 Å². The molecule has 253 valence electrons. The molecule has 0 aliphatic rings. The number of hydrogen-bond acceptors (Lipinski definition) is 5. The number of nitrogen functional groups attached to an aromatic ring is 1. The van der Waals surface area contributed by atoms with Crippen molar-refractivity contribution >= 4 is 12.8 Å². The van der Waals surface area contributed by atoms with Gasteiger partial charge < -0.3 is 24.6 Å². The second-order valence-electron chi connectivity index (χ2n) is 13.5. The van der Waals surface area contributed by atoms with Gasteiger partial charge in [-0.15, -0.1) is 0 Å². The molecule has 0 aliphatic heterocycles. The van der Waals surface area contributed by atoms with Crippen molar-refractivity contribution in [2.45, 2.75) is 47.0 Å². The van der Waals surface area contributed by atoms with E-state index in [-0.39, 0.29) is 28.2 Å². The van der Waals surface area contributed by atoms with Gasteiger partial charge in [-0.05, 0) is 73.1 Å². The summed E-state index contributed by atoms with van der Waals surface area (Å²) in [6.45, 7) is 12.6. The van der Waals surface area contributed by atoms with Crippen LogP contribution in [0, 0.1) is 20.8 Å². The van der Waals surface area contributed by atoms with Gasteiger partial charge in [0.25, 0.3) is 0 Å². The van der Waals surface area contributed by atoms with E-state index in [1.165, 1.54) is 6.07 Å². The Kier molecular flexibility index (Phi) is 10.8. The van der Waals surface area contributed by atoms with E-state index < -0.39 is 7.12 Å². The first-order valence-corrected chi connectivity index (χ1v) is 16.6. The Bertz CT molecular complexity index is 1970. The fourth-order valence-electron chi connectivity index (χ4n) is 6.03. The van der Waals surface area contributed by atoms with E-state index in [0.717, 1.165) is 56.4 Å². The minimum Gasteiger partial charge on any atom is -0.871 e. The van der Waals surface area contributed by atoms with Crippen molar-refractivity contribution in [1.82, 2.24) is 29.1 Å². The van der Waals surface area contributed by atoms with E-state index >= 15 is 0 Å². The number of aromatic nitrogens is 6. The molecule has 4 aromatic carbocycles. The Hall–Kier alpha value is -5.31. The summed E-state index contributed by atoms with van der Waals surface area (Å²) in [5.41, 5.74) is 16.3. The summed E-state index contributed by atoms with van der Waals surface area (Å²) in [5.74, 6) is -0.0944. The molecule has 7 rings (SSSR count). The van der Waals surface area contributed by atoms with Gasteiger partial charge in [-0.1, -0.05) is 130 Å². The molecule has 0 saturated heterocycles. The zero-order valence-electron chi connectivity index (χ0n) is 29.4. The van der Waals surface area contributed by atoms with E-state index in [1.807, 2.05) is 60.7 Å². The van der Waals surface area contributed by atoms with E-state index in [1.54, 1.807) is 6.07 Å². The van der Waals surface area contributed by atoms with Crippen LogP contribution in [0.4, 0.5) is 5.69 Å². The van der Waals surface area contributed by atoms with Crippen LogP contribution in [-0.2, 0) is 22.5 Å². The molecule has 0 aliphatic carbocycles. The van der Waals surface area contributed by atoms with Gasteiger partial charge in [-0.3, -0.25) is 0 Å². The summed E-state index contributed by atoms with van der Waals surface area (Å²) in [6.07, 6.45) is 0. The molecule has 3 heterocycles. The molecular formula is C40H42BFeN7O+. The number of aryl methyl sites for hydroxylation is 3. The molecule has 0 saturated carbocycles. The van der Waals surface area contributed by atoms with Crippen molar-refractivity contribution in [2.24, 2.45) is 0 Å².